The number of likely N-dealkylation sites (N-methyl/N-ethyl adjacent to an activating group) is 1. The molecule has 196 valence electrons. The van der Waals surface area contributed by atoms with Crippen molar-refractivity contribution >= 4 is 28.7 Å². The van der Waals surface area contributed by atoms with Crippen LogP contribution in [0.25, 0.3) is 17.0 Å². The number of nitrogen functional groups attached to an aromatic ring is 1. The molecule has 3 N–H and O–H groups in total. The van der Waals surface area contributed by atoms with Crippen LogP contribution in [-0.4, -0.2) is 45.8 Å². The number of benzene rings is 2. The van der Waals surface area contributed by atoms with Crippen LogP contribution in [0.3, 0.4) is 0 Å². The smallest absolute Gasteiger partial charge is 0.246 e. The van der Waals surface area contributed by atoms with E-state index in [4.69, 9.17) is 5.73 Å². The number of nitrogens with two attached hydrogens (primary N) is 1. The van der Waals surface area contributed by atoms with Crippen molar-refractivity contribution in [1.29, 1.82) is 0 Å². The molecule has 6 heteroatoms. The quantitative estimate of drug-likeness (QED) is 0.294. The zero-order chi connectivity index (χ0) is 26.5. The van der Waals surface area contributed by atoms with Gasteiger partial charge in [-0.1, -0.05) is 48.5 Å². The van der Waals surface area contributed by atoms with Gasteiger partial charge in [0.25, 0.3) is 0 Å². The van der Waals surface area contributed by atoms with E-state index in [-0.39, 0.29) is 11.9 Å². The zero-order valence-corrected chi connectivity index (χ0v) is 22.3. The number of aromatic amines is 1. The van der Waals surface area contributed by atoms with Crippen LogP contribution in [-0.2, 0) is 17.8 Å². The predicted octanol–water partition coefficient (Wildman–Crippen LogP) is 5.83. The van der Waals surface area contributed by atoms with Gasteiger partial charge in [-0.25, -0.2) is 4.98 Å². The Kier molecular flexibility index (Phi) is 7.89. The fourth-order valence-electron chi connectivity index (χ4n) is 5.30. The first-order valence-corrected chi connectivity index (χ1v) is 13.5. The van der Waals surface area contributed by atoms with Gasteiger partial charge in [-0.15, -0.1) is 0 Å². The average Bonchev–Trinajstić information content (AvgIpc) is 3.38. The van der Waals surface area contributed by atoms with Gasteiger partial charge in [0, 0.05) is 42.6 Å². The molecule has 6 nitrogen and oxygen atoms in total. The number of pyridine rings is 1. The van der Waals surface area contributed by atoms with Crippen LogP contribution in [0.5, 0.6) is 0 Å². The van der Waals surface area contributed by atoms with Gasteiger partial charge < -0.3 is 15.6 Å². The fraction of sp³-hybridized carbons (Fsp3) is 0.312. The summed E-state index contributed by atoms with van der Waals surface area (Å²) in [5.74, 6) is 1.23. The molecular formula is C32H37N5O. The first kappa shape index (κ1) is 25.7. The number of fused-ring (bicyclic) bond motifs is 1. The van der Waals surface area contributed by atoms with E-state index >= 15 is 0 Å². The number of H-pyrrole nitrogens is 1. The molecule has 1 aliphatic heterocycles. The molecule has 0 bridgehead atoms. The highest BCUT2D eigenvalue weighted by Crippen LogP contribution is 2.25. The number of rotatable bonds is 8. The van der Waals surface area contributed by atoms with Gasteiger partial charge in [0.2, 0.25) is 5.91 Å². The molecular weight excluding hydrogens is 470 g/mol. The maximum Gasteiger partial charge on any atom is 0.246 e. The standard InChI is InChI=1S/C32H37N5O/c1-23(30-20-27-10-6-7-11-29(27)35-30)36(2)31(38)13-12-26-19-28(32(33)34-21-26)22-37-16-14-25(15-17-37)18-24-8-4-3-5-9-24/h3-13,19-21,23,25,35H,14-18,22H2,1-2H3,(H2,33,34)/b13-12+. The summed E-state index contributed by atoms with van der Waals surface area (Å²) in [6, 6.07) is 23.0. The Labute approximate surface area is 225 Å². The number of amides is 1. The van der Waals surface area contributed by atoms with Crippen molar-refractivity contribution in [2.45, 2.75) is 38.8 Å². The molecule has 4 aromatic rings. The first-order chi connectivity index (χ1) is 18.5. The summed E-state index contributed by atoms with van der Waals surface area (Å²) in [6.07, 6.45) is 8.72. The van der Waals surface area contributed by atoms with E-state index in [1.54, 1.807) is 17.2 Å². The molecule has 1 fully saturated rings. The third-order valence-corrected chi connectivity index (χ3v) is 7.84. The summed E-state index contributed by atoms with van der Waals surface area (Å²) >= 11 is 0. The lowest BCUT2D eigenvalue weighted by Crippen LogP contribution is -2.34. The van der Waals surface area contributed by atoms with Gasteiger partial charge in [-0.2, -0.15) is 0 Å². The summed E-state index contributed by atoms with van der Waals surface area (Å²) in [6.45, 7) is 4.93. The monoisotopic (exact) mass is 507 g/mol. The van der Waals surface area contributed by atoms with E-state index in [2.05, 4.69) is 63.4 Å². The van der Waals surface area contributed by atoms with Gasteiger partial charge in [0.05, 0.1) is 6.04 Å². The third kappa shape index (κ3) is 6.14. The minimum absolute atomic E-state index is 0.0602. The number of anilines is 1. The summed E-state index contributed by atoms with van der Waals surface area (Å²) in [5.41, 5.74) is 11.6. The van der Waals surface area contributed by atoms with Crippen LogP contribution in [0.1, 0.15) is 48.2 Å². The van der Waals surface area contributed by atoms with E-state index in [0.717, 1.165) is 59.7 Å². The number of hydrogen-bond acceptors (Lipinski definition) is 4. The molecule has 38 heavy (non-hydrogen) atoms. The van der Waals surface area contributed by atoms with Crippen molar-refractivity contribution in [3.63, 3.8) is 0 Å². The molecule has 1 unspecified atom stereocenters. The predicted molar refractivity (Wildman–Crippen MR) is 155 cm³/mol. The van der Waals surface area contributed by atoms with Crippen LogP contribution >= 0.6 is 0 Å². The number of para-hydroxylation sites is 1. The summed E-state index contributed by atoms with van der Waals surface area (Å²) < 4.78 is 0. The van der Waals surface area contributed by atoms with Crippen LogP contribution in [0.4, 0.5) is 5.82 Å². The Bertz CT molecular complexity index is 1370. The lowest BCUT2D eigenvalue weighted by molar-refractivity contribution is -0.126. The van der Waals surface area contributed by atoms with Gasteiger partial charge in [-0.05, 0) is 86.0 Å². The molecule has 5 rings (SSSR count). The summed E-state index contributed by atoms with van der Waals surface area (Å²) in [5, 5.41) is 1.15. The largest absolute Gasteiger partial charge is 0.383 e. The molecule has 1 amide bonds. The van der Waals surface area contributed by atoms with E-state index in [0.29, 0.717) is 5.82 Å². The number of carbonyl (C=O) groups excluding carboxylic acids is 1. The minimum Gasteiger partial charge on any atom is -0.383 e. The van der Waals surface area contributed by atoms with Crippen molar-refractivity contribution in [3.8, 4) is 0 Å². The maximum atomic E-state index is 12.9. The maximum absolute atomic E-state index is 12.9. The molecule has 1 atom stereocenters. The second kappa shape index (κ2) is 11.7. The molecule has 2 aromatic heterocycles. The Morgan fingerprint density at radius 1 is 1.13 bits per heavy atom. The van der Waals surface area contributed by atoms with Gasteiger partial charge in [-0.3, -0.25) is 9.69 Å². The highest BCUT2D eigenvalue weighted by Gasteiger charge is 2.21. The van der Waals surface area contributed by atoms with Crippen LogP contribution in [0, 0.1) is 5.92 Å². The SMILES string of the molecule is CC(c1cc2ccccc2[nH]1)N(C)C(=O)/C=C/c1cnc(N)c(CN2CCC(Cc3ccccc3)CC2)c1. The number of nitrogens with one attached hydrogen (secondary N) is 1. The molecule has 0 saturated carbocycles. The van der Waals surface area contributed by atoms with Crippen LogP contribution in [0.15, 0.2) is 79.0 Å². The molecule has 1 saturated heterocycles. The third-order valence-electron chi connectivity index (χ3n) is 7.84. The van der Waals surface area contributed by atoms with E-state index in [9.17, 15) is 4.79 Å². The van der Waals surface area contributed by atoms with E-state index < -0.39 is 0 Å². The first-order valence-electron chi connectivity index (χ1n) is 13.5. The van der Waals surface area contributed by atoms with Crippen molar-refractivity contribution in [1.82, 2.24) is 19.8 Å². The van der Waals surface area contributed by atoms with Crippen LogP contribution < -0.4 is 5.73 Å². The Morgan fingerprint density at radius 3 is 2.63 bits per heavy atom. The van der Waals surface area contributed by atoms with Gasteiger partial charge in [0.15, 0.2) is 0 Å². The molecule has 0 aliphatic carbocycles. The van der Waals surface area contributed by atoms with Crippen LogP contribution in [0.2, 0.25) is 0 Å². The van der Waals surface area contributed by atoms with E-state index in [1.807, 2.05) is 38.2 Å². The number of hydrogen-bond donors (Lipinski definition) is 2. The molecule has 1 aliphatic rings. The minimum atomic E-state index is -0.0792. The van der Waals surface area contributed by atoms with Crippen molar-refractivity contribution in [2.24, 2.45) is 5.92 Å². The van der Waals surface area contributed by atoms with Crippen molar-refractivity contribution in [2.75, 3.05) is 25.9 Å². The number of likely N-dealkylation sites (tertiary alicyclic amines) is 1. The highest BCUT2D eigenvalue weighted by atomic mass is 16.2. The highest BCUT2D eigenvalue weighted by molar-refractivity contribution is 5.92. The molecule has 0 radical (unpaired) electrons. The van der Waals surface area contributed by atoms with Gasteiger partial charge in [0.1, 0.15) is 5.82 Å². The second-order valence-electron chi connectivity index (χ2n) is 10.5. The van der Waals surface area contributed by atoms with Crippen molar-refractivity contribution in [3.05, 3.63) is 101 Å². The zero-order valence-electron chi connectivity index (χ0n) is 22.3. The molecule has 2 aromatic carbocycles. The normalized spacial score (nSPS) is 15.7. The number of piperidine rings is 1. The Balaban J connectivity index is 1.17. The Morgan fingerprint density at radius 2 is 1.87 bits per heavy atom. The Hall–Kier alpha value is -3.90. The molecule has 3 heterocycles. The summed E-state index contributed by atoms with van der Waals surface area (Å²) in [7, 11) is 1.83. The van der Waals surface area contributed by atoms with Crippen molar-refractivity contribution < 1.29 is 4.79 Å². The number of nitrogens with zero attached hydrogens (tertiary/aromatic N) is 3. The fourth-order valence-corrected chi connectivity index (χ4v) is 5.30. The van der Waals surface area contributed by atoms with Gasteiger partial charge >= 0.3 is 0 Å². The second-order valence-corrected chi connectivity index (χ2v) is 10.5. The lowest BCUT2D eigenvalue weighted by Gasteiger charge is -2.32. The lowest BCUT2D eigenvalue weighted by atomic mass is 9.90. The summed E-state index contributed by atoms with van der Waals surface area (Å²) in [4.78, 5) is 25.0. The number of carbonyl (C=O) groups is 1. The topological polar surface area (TPSA) is 78.2 Å². The molecule has 0 spiro atoms. The average molecular weight is 508 g/mol. The number of aromatic nitrogens is 2. The van der Waals surface area contributed by atoms with E-state index in [1.165, 1.54) is 18.4 Å².